The Morgan fingerprint density at radius 2 is 1.29 bits per heavy atom. The number of amides is 1. The maximum absolute atomic E-state index is 12.2. The lowest BCUT2D eigenvalue weighted by molar-refractivity contribution is -0.156. The molecule has 0 spiro atoms. The minimum Gasteiger partial charge on any atom is -0.497 e. The number of carbonyl (C=O) groups excluding carboxylic acids is 3. The summed E-state index contributed by atoms with van der Waals surface area (Å²) in [6.45, 7) is 14.3. The zero-order valence-electron chi connectivity index (χ0n) is 50.4. The third-order valence-electron chi connectivity index (χ3n) is 15.4. The van der Waals surface area contributed by atoms with Crippen LogP contribution in [-0.2, 0) is 33.4 Å². The molecule has 22 heteroatoms. The van der Waals surface area contributed by atoms with Crippen molar-refractivity contribution < 1.29 is 67.3 Å². The van der Waals surface area contributed by atoms with Gasteiger partial charge in [0.1, 0.15) is 48.0 Å². The normalized spacial score (nSPS) is 22.4. The Balaban J connectivity index is 0.000000219. The molecule has 0 radical (unpaired) electrons. The topological polar surface area (TPSA) is 260 Å². The van der Waals surface area contributed by atoms with E-state index in [1.165, 1.54) is 7.11 Å². The molecule has 4 heterocycles. The van der Waals surface area contributed by atoms with Crippen LogP contribution < -0.4 is 24.3 Å². The van der Waals surface area contributed by atoms with Gasteiger partial charge in [-0.15, -0.1) is 12.3 Å². The molecule has 1 amide bonds. The highest BCUT2D eigenvalue weighted by molar-refractivity contribution is 6.31. The average Bonchev–Trinajstić information content (AvgIpc) is 4.47. The Hall–Kier alpha value is -7.20. The van der Waals surface area contributed by atoms with Crippen LogP contribution in [0.2, 0.25) is 5.15 Å². The van der Waals surface area contributed by atoms with Gasteiger partial charge >= 0.3 is 30.0 Å². The van der Waals surface area contributed by atoms with E-state index >= 15 is 0 Å². The number of carboxylic acids is 2. The van der Waals surface area contributed by atoms with Gasteiger partial charge in [-0.3, -0.25) is 24.2 Å². The van der Waals surface area contributed by atoms with Crippen LogP contribution >= 0.6 is 11.6 Å². The molecule has 0 bridgehead atoms. The Labute approximate surface area is 497 Å². The van der Waals surface area contributed by atoms with Crippen molar-refractivity contribution in [3.05, 3.63) is 47.2 Å². The number of esters is 2. The van der Waals surface area contributed by atoms with Crippen molar-refractivity contribution in [2.75, 3.05) is 48.5 Å². The van der Waals surface area contributed by atoms with Crippen molar-refractivity contribution in [3.8, 4) is 47.4 Å². The number of hydrogen-bond acceptors (Lipinski definition) is 18. The molecule has 4 aliphatic rings. The van der Waals surface area contributed by atoms with E-state index in [-0.39, 0.29) is 59.8 Å². The minimum absolute atomic E-state index is 0.0242. The van der Waals surface area contributed by atoms with E-state index in [4.69, 9.17) is 61.2 Å². The third-order valence-corrected chi connectivity index (χ3v) is 15.6. The molecule has 2 aliphatic heterocycles. The van der Waals surface area contributed by atoms with Crippen LogP contribution in [-0.4, -0.2) is 161 Å². The fourth-order valence-electron chi connectivity index (χ4n) is 9.98. The van der Waals surface area contributed by atoms with Gasteiger partial charge in [0, 0.05) is 56.9 Å². The molecule has 2 aromatic heterocycles. The Kier molecular flexibility index (Phi) is 23.2. The summed E-state index contributed by atoms with van der Waals surface area (Å²) < 4.78 is 38.3. The molecule has 2 aliphatic carbocycles. The van der Waals surface area contributed by atoms with E-state index in [2.05, 4.69) is 51.9 Å². The number of nitrogens with one attached hydrogen (secondary N) is 1. The van der Waals surface area contributed by atoms with Gasteiger partial charge in [0.05, 0.1) is 55.7 Å². The van der Waals surface area contributed by atoms with Gasteiger partial charge in [0.15, 0.2) is 10.8 Å². The quantitative estimate of drug-likeness (QED) is 0.0322. The second-order valence-corrected chi connectivity index (χ2v) is 24.5. The Morgan fingerprint density at radius 3 is 1.82 bits per heavy atom. The summed E-state index contributed by atoms with van der Waals surface area (Å²) >= 11 is 6.18. The number of terminal acetylenes is 1. The van der Waals surface area contributed by atoms with Crippen LogP contribution in [0.4, 0.5) is 4.79 Å². The van der Waals surface area contributed by atoms with Gasteiger partial charge in [-0.05, 0) is 112 Å². The summed E-state index contributed by atoms with van der Waals surface area (Å²) in [4.78, 5) is 80.8. The van der Waals surface area contributed by atoms with Crippen LogP contribution in [0.15, 0.2) is 36.4 Å². The van der Waals surface area contributed by atoms with E-state index in [0.717, 1.165) is 63.4 Å². The summed E-state index contributed by atoms with van der Waals surface area (Å²) in [6, 6.07) is 10.00. The zero-order chi connectivity index (χ0) is 61.6. The van der Waals surface area contributed by atoms with Gasteiger partial charge in [-0.1, -0.05) is 59.1 Å². The van der Waals surface area contributed by atoms with Gasteiger partial charge in [-0.2, -0.15) is 0 Å². The zero-order valence-corrected chi connectivity index (χ0v) is 51.1. The van der Waals surface area contributed by atoms with Crippen LogP contribution in [0, 0.1) is 52.8 Å². The lowest BCUT2D eigenvalue weighted by Gasteiger charge is -2.27. The number of alkyl carbamates (subject to hydrolysis) is 1. The standard InChI is InChI=1S/C30H40N4O6.C16H18ClN3O4.C16H24O4/c1-18-14-21(17-34(18)5)39-27-23(31-22-13-12-20(38-6)16-24(22)32-27)11-9-7-8-10-19-15-25(19)40-29(37)33-26(28(35)36)30(2,3)4;1-20-8-10(7-13(20)16(21)23-3)24-15-14(17)18-11-5-4-9(22-2)6-12(11)19-15;1-5-6-7-8-11-9-13(11)20-14(17)10-12(15(18)19)16(2,3)4/h12-13,16,18-19,21,25-26H,7-8,10,14-15,17H2,1-6H3,(H,33,37)(H,35,36);4-6,10,13H,7-8H2,1-3H3;1,11-13H,6-10H2,2-4H3,(H,18,19)/t18-,19-,21-,25-,26-;10-,13+;11-,12-,13-/m111/s1. The fraction of sp³-hybridized carbons (Fsp3) is 0.597. The van der Waals surface area contributed by atoms with E-state index in [1.807, 2.05) is 50.9 Å². The molecule has 4 fully saturated rings. The van der Waals surface area contributed by atoms with Crippen molar-refractivity contribution in [1.82, 2.24) is 35.1 Å². The Bertz CT molecular complexity index is 3070. The maximum Gasteiger partial charge on any atom is 0.408 e. The SMILES string of the molecule is C#CCCC[C@@H]1C[C@H]1OC(=O)C[C@H](C(=O)O)C(C)(C)C.COC(=O)[C@@H]1C[C@@H](Oc2nc3cc(OC)ccc3nc2Cl)CN1C.COc1ccc2nc(C#CCCC[C@@H]3C[C@H]3OC(=O)N[C@H](C(=O)O)C(C)(C)C)c(O[C@@H]3C[C@@H](C)N(C)C3)nc2c1. The lowest BCUT2D eigenvalue weighted by Crippen LogP contribution is -2.49. The number of carboxylic acid groups (broad SMARTS) is 2. The first-order valence-corrected chi connectivity index (χ1v) is 28.8. The number of fused-ring (bicyclic) bond motifs is 2. The predicted molar refractivity (Wildman–Crippen MR) is 315 cm³/mol. The van der Waals surface area contributed by atoms with Crippen LogP contribution in [0.25, 0.3) is 22.1 Å². The summed E-state index contributed by atoms with van der Waals surface area (Å²) in [7, 11) is 8.52. The van der Waals surface area contributed by atoms with Crippen molar-refractivity contribution in [2.45, 2.75) is 162 Å². The number of halogens is 1. The molecule has 10 atom stereocenters. The summed E-state index contributed by atoms with van der Waals surface area (Å²) in [5.74, 6) is 8.30. The molecule has 21 nitrogen and oxygen atoms in total. The highest BCUT2D eigenvalue weighted by atomic mass is 35.5. The van der Waals surface area contributed by atoms with E-state index < -0.39 is 46.8 Å². The molecule has 3 N–H and O–H groups in total. The second kappa shape index (κ2) is 29.6. The largest absolute Gasteiger partial charge is 0.497 e. The van der Waals surface area contributed by atoms with Crippen molar-refractivity contribution in [2.24, 2.45) is 28.6 Å². The Morgan fingerprint density at radius 1 is 0.726 bits per heavy atom. The van der Waals surface area contributed by atoms with E-state index in [9.17, 15) is 34.2 Å². The van der Waals surface area contributed by atoms with Crippen LogP contribution in [0.1, 0.15) is 125 Å². The van der Waals surface area contributed by atoms with Gasteiger partial charge in [0.25, 0.3) is 5.88 Å². The number of benzene rings is 2. The highest BCUT2D eigenvalue weighted by Crippen LogP contribution is 2.40. The first-order valence-electron chi connectivity index (χ1n) is 28.4. The molecule has 2 saturated carbocycles. The molecular formula is C62H82ClN7O14. The van der Waals surface area contributed by atoms with Crippen molar-refractivity contribution in [1.29, 1.82) is 0 Å². The molecule has 8 rings (SSSR count). The number of aliphatic carboxylic acids is 2. The van der Waals surface area contributed by atoms with E-state index in [1.54, 1.807) is 53.2 Å². The number of likely N-dealkylation sites (tertiary alicyclic amines) is 2. The number of hydrogen-bond donors (Lipinski definition) is 3. The monoisotopic (exact) mass is 1180 g/mol. The molecule has 0 unspecified atom stereocenters. The molecule has 456 valence electrons. The molecule has 2 aromatic carbocycles. The summed E-state index contributed by atoms with van der Waals surface area (Å²) in [6.07, 6.45) is 12.2. The van der Waals surface area contributed by atoms with Gasteiger partial charge in [-0.25, -0.2) is 29.5 Å². The highest BCUT2D eigenvalue weighted by Gasteiger charge is 2.43. The first-order chi connectivity index (χ1) is 39.7. The number of likely N-dealkylation sites (N-methyl/N-ethyl adjacent to an activating group) is 2. The number of methoxy groups -OCH3 is 3. The average molecular weight is 1180 g/mol. The number of rotatable bonds is 20. The number of aromatic nitrogens is 4. The first kappa shape index (κ1) is 65.9. The number of ether oxygens (including phenoxy) is 7. The van der Waals surface area contributed by atoms with Crippen molar-refractivity contribution in [3.63, 3.8) is 0 Å². The molecule has 4 aromatic rings. The smallest absolute Gasteiger partial charge is 0.408 e. The van der Waals surface area contributed by atoms with E-state index in [0.29, 0.717) is 71.0 Å². The number of carbonyl (C=O) groups is 5. The summed E-state index contributed by atoms with van der Waals surface area (Å²) in [5, 5.41) is 21.2. The number of unbranched alkanes of at least 4 members (excludes halogenated alkanes) is 2. The third kappa shape index (κ3) is 19.2. The molecule has 2 saturated heterocycles. The van der Waals surface area contributed by atoms with Crippen LogP contribution in [0.3, 0.4) is 0 Å². The second-order valence-electron chi connectivity index (χ2n) is 24.1. The van der Waals surface area contributed by atoms with Gasteiger partial charge in [0.2, 0.25) is 5.88 Å². The van der Waals surface area contributed by atoms with Crippen molar-refractivity contribution >= 4 is 63.6 Å². The maximum atomic E-state index is 12.2. The molecular weight excluding hydrogens is 1100 g/mol. The molecule has 84 heavy (non-hydrogen) atoms. The minimum atomic E-state index is -1.08. The van der Waals surface area contributed by atoms with Gasteiger partial charge < -0.3 is 48.7 Å². The van der Waals surface area contributed by atoms with Crippen LogP contribution in [0.5, 0.6) is 23.3 Å². The lowest BCUT2D eigenvalue weighted by atomic mass is 9.79. The predicted octanol–water partition coefficient (Wildman–Crippen LogP) is 9.02. The summed E-state index contributed by atoms with van der Waals surface area (Å²) in [5.41, 5.74) is 2.15. The number of nitrogens with zero attached hydrogens (tertiary/aromatic N) is 6. The fourth-order valence-corrected chi connectivity index (χ4v) is 10.2.